The third kappa shape index (κ3) is 2.09. The second-order valence-electron chi connectivity index (χ2n) is 3.42. The lowest BCUT2D eigenvalue weighted by atomic mass is 10.3. The molecule has 0 aliphatic heterocycles. The molecule has 0 aliphatic carbocycles. The molecule has 0 amide bonds. The van der Waals surface area contributed by atoms with Crippen LogP contribution in [0.4, 0.5) is 5.69 Å². The number of phenols is 1. The van der Waals surface area contributed by atoms with Crippen molar-refractivity contribution >= 4 is 15.7 Å². The maximum atomic E-state index is 12.1. The normalized spacial score (nSPS) is 11.4. The third-order valence-corrected chi connectivity index (χ3v) is 4.10. The van der Waals surface area contributed by atoms with Crippen LogP contribution < -0.4 is 4.31 Å². The number of hydrogen-bond acceptors (Lipinski definition) is 4. The van der Waals surface area contributed by atoms with Gasteiger partial charge in [0.15, 0.2) is 0 Å². The summed E-state index contributed by atoms with van der Waals surface area (Å²) in [5, 5.41) is 15.2. The number of sulfonamides is 1. The van der Waals surface area contributed by atoms with Crippen LogP contribution in [0.25, 0.3) is 0 Å². The van der Waals surface area contributed by atoms with Crippen LogP contribution in [-0.2, 0) is 10.0 Å². The Kier molecular flexibility index (Phi) is 2.76. The molecule has 0 saturated heterocycles. The van der Waals surface area contributed by atoms with E-state index >= 15 is 0 Å². The molecule has 0 unspecified atom stereocenters. The summed E-state index contributed by atoms with van der Waals surface area (Å²) >= 11 is 0. The fourth-order valence-electron chi connectivity index (χ4n) is 1.34. The van der Waals surface area contributed by atoms with Crippen molar-refractivity contribution in [3.8, 4) is 5.75 Å². The monoisotopic (exact) mass is 253 g/mol. The Bertz CT molecular complexity index is 590. The van der Waals surface area contributed by atoms with E-state index in [0.717, 1.165) is 4.31 Å². The van der Waals surface area contributed by atoms with Crippen molar-refractivity contribution in [2.75, 3.05) is 11.4 Å². The Labute approximate surface area is 98.6 Å². The molecule has 0 bridgehead atoms. The number of aromatic hydroxyl groups is 1. The van der Waals surface area contributed by atoms with E-state index in [-0.39, 0.29) is 10.6 Å². The van der Waals surface area contributed by atoms with Gasteiger partial charge in [0, 0.05) is 13.2 Å². The van der Waals surface area contributed by atoms with Crippen LogP contribution in [0, 0.1) is 0 Å². The molecule has 2 aromatic rings. The topological polar surface area (TPSA) is 86.3 Å². The number of hydrogen-bond donors (Lipinski definition) is 2. The van der Waals surface area contributed by atoms with Gasteiger partial charge in [0.1, 0.15) is 10.6 Å². The number of anilines is 1. The van der Waals surface area contributed by atoms with Gasteiger partial charge in [0.2, 0.25) is 0 Å². The Hall–Kier alpha value is -2.02. The number of rotatable bonds is 3. The Morgan fingerprint density at radius 3 is 2.47 bits per heavy atom. The van der Waals surface area contributed by atoms with Gasteiger partial charge in [-0.3, -0.25) is 9.40 Å². The number of aromatic nitrogens is 2. The molecule has 1 aromatic carbocycles. The molecule has 2 N–H and O–H groups in total. The first-order chi connectivity index (χ1) is 8.01. The van der Waals surface area contributed by atoms with Crippen molar-refractivity contribution in [2.45, 2.75) is 4.90 Å². The minimum atomic E-state index is -3.60. The SMILES string of the molecule is CN(c1ccc(O)cc1)S(=O)(=O)c1cn[nH]c1. The summed E-state index contributed by atoms with van der Waals surface area (Å²) in [5.74, 6) is 0.0860. The number of H-pyrrole nitrogens is 1. The van der Waals surface area contributed by atoms with Crippen molar-refractivity contribution in [3.63, 3.8) is 0 Å². The third-order valence-electron chi connectivity index (χ3n) is 2.34. The first-order valence-electron chi connectivity index (χ1n) is 4.78. The minimum absolute atomic E-state index is 0.0860. The van der Waals surface area contributed by atoms with Crippen molar-refractivity contribution in [2.24, 2.45) is 0 Å². The highest BCUT2D eigenvalue weighted by Crippen LogP contribution is 2.22. The van der Waals surface area contributed by atoms with Crippen LogP contribution in [-0.4, -0.2) is 30.8 Å². The van der Waals surface area contributed by atoms with E-state index in [4.69, 9.17) is 5.11 Å². The zero-order valence-corrected chi connectivity index (χ0v) is 9.85. The molecule has 17 heavy (non-hydrogen) atoms. The van der Waals surface area contributed by atoms with Gasteiger partial charge in [0.05, 0.1) is 11.9 Å². The van der Waals surface area contributed by atoms with Crippen molar-refractivity contribution in [1.82, 2.24) is 10.2 Å². The molecule has 0 saturated carbocycles. The van der Waals surface area contributed by atoms with Gasteiger partial charge in [-0.05, 0) is 24.3 Å². The molecule has 1 aromatic heterocycles. The highest BCUT2D eigenvalue weighted by molar-refractivity contribution is 7.92. The fourth-order valence-corrected chi connectivity index (χ4v) is 2.44. The van der Waals surface area contributed by atoms with E-state index < -0.39 is 10.0 Å². The molecule has 1 heterocycles. The highest BCUT2D eigenvalue weighted by Gasteiger charge is 2.21. The zero-order valence-electron chi connectivity index (χ0n) is 9.03. The van der Waals surface area contributed by atoms with Gasteiger partial charge in [-0.2, -0.15) is 5.10 Å². The fraction of sp³-hybridized carbons (Fsp3) is 0.100. The van der Waals surface area contributed by atoms with E-state index in [1.165, 1.54) is 43.7 Å². The van der Waals surface area contributed by atoms with Gasteiger partial charge >= 0.3 is 0 Å². The predicted octanol–water partition coefficient (Wildman–Crippen LogP) is 0.940. The maximum absolute atomic E-state index is 12.1. The molecule has 0 radical (unpaired) electrons. The summed E-state index contributed by atoms with van der Waals surface area (Å²) in [5.41, 5.74) is 0.462. The van der Waals surface area contributed by atoms with E-state index in [1.54, 1.807) is 0 Å². The lowest BCUT2D eigenvalue weighted by Gasteiger charge is -2.18. The predicted molar refractivity (Wildman–Crippen MR) is 62.3 cm³/mol. The van der Waals surface area contributed by atoms with Gasteiger partial charge in [0.25, 0.3) is 10.0 Å². The quantitative estimate of drug-likeness (QED) is 0.852. The van der Waals surface area contributed by atoms with E-state index in [1.807, 2.05) is 0 Å². The van der Waals surface area contributed by atoms with Crippen LogP contribution in [0.1, 0.15) is 0 Å². The Balaban J connectivity index is 2.38. The van der Waals surface area contributed by atoms with Crippen LogP contribution in [0.2, 0.25) is 0 Å². The zero-order chi connectivity index (χ0) is 12.5. The van der Waals surface area contributed by atoms with E-state index in [0.29, 0.717) is 5.69 Å². The smallest absolute Gasteiger partial charge is 0.267 e. The Morgan fingerprint density at radius 2 is 1.94 bits per heavy atom. The molecular weight excluding hydrogens is 242 g/mol. The standard InChI is InChI=1S/C10H11N3O3S/c1-13(8-2-4-9(14)5-3-8)17(15,16)10-6-11-12-7-10/h2-7,14H,1H3,(H,11,12). The van der Waals surface area contributed by atoms with Crippen LogP contribution >= 0.6 is 0 Å². The summed E-state index contributed by atoms with van der Waals surface area (Å²) in [4.78, 5) is 0.0908. The number of nitrogens with one attached hydrogen (secondary N) is 1. The number of phenolic OH excluding ortho intramolecular Hbond substituents is 1. The number of benzene rings is 1. The molecule has 6 nitrogen and oxygen atoms in total. The van der Waals surface area contributed by atoms with Crippen molar-refractivity contribution < 1.29 is 13.5 Å². The minimum Gasteiger partial charge on any atom is -0.508 e. The summed E-state index contributed by atoms with van der Waals surface area (Å²) in [6.45, 7) is 0. The van der Waals surface area contributed by atoms with Gasteiger partial charge < -0.3 is 5.11 Å². The second kappa shape index (κ2) is 4.10. The molecular formula is C10H11N3O3S. The largest absolute Gasteiger partial charge is 0.508 e. The van der Waals surface area contributed by atoms with Crippen LogP contribution in [0.5, 0.6) is 5.75 Å². The maximum Gasteiger partial charge on any atom is 0.267 e. The van der Waals surface area contributed by atoms with Gasteiger partial charge in [-0.25, -0.2) is 8.42 Å². The molecule has 0 aliphatic rings. The molecule has 7 heteroatoms. The van der Waals surface area contributed by atoms with Gasteiger partial charge in [-0.1, -0.05) is 0 Å². The molecule has 90 valence electrons. The van der Waals surface area contributed by atoms with Crippen LogP contribution in [0.15, 0.2) is 41.6 Å². The van der Waals surface area contributed by atoms with Crippen molar-refractivity contribution in [3.05, 3.63) is 36.7 Å². The molecule has 2 rings (SSSR count). The Morgan fingerprint density at radius 1 is 1.29 bits per heavy atom. The highest BCUT2D eigenvalue weighted by atomic mass is 32.2. The molecule has 0 atom stereocenters. The van der Waals surface area contributed by atoms with Gasteiger partial charge in [-0.15, -0.1) is 0 Å². The van der Waals surface area contributed by atoms with Crippen LogP contribution in [0.3, 0.4) is 0 Å². The summed E-state index contributed by atoms with van der Waals surface area (Å²) in [7, 11) is -2.16. The summed E-state index contributed by atoms with van der Waals surface area (Å²) < 4.78 is 25.3. The summed E-state index contributed by atoms with van der Waals surface area (Å²) in [6.07, 6.45) is 2.55. The summed E-state index contributed by atoms with van der Waals surface area (Å²) in [6, 6.07) is 5.90. The second-order valence-corrected chi connectivity index (χ2v) is 5.39. The van der Waals surface area contributed by atoms with E-state index in [9.17, 15) is 8.42 Å². The van der Waals surface area contributed by atoms with E-state index in [2.05, 4.69) is 10.2 Å². The molecule has 0 fully saturated rings. The number of nitrogens with zero attached hydrogens (tertiary/aromatic N) is 2. The average Bonchev–Trinajstić information content (AvgIpc) is 2.83. The lowest BCUT2D eigenvalue weighted by Crippen LogP contribution is -2.26. The molecule has 0 spiro atoms. The number of aromatic amines is 1. The lowest BCUT2D eigenvalue weighted by molar-refractivity contribution is 0.475. The first kappa shape index (κ1) is 11.5. The van der Waals surface area contributed by atoms with Crippen molar-refractivity contribution in [1.29, 1.82) is 0 Å². The average molecular weight is 253 g/mol. The first-order valence-corrected chi connectivity index (χ1v) is 6.22.